The molecule has 1 aliphatic heterocycles. The van der Waals surface area contributed by atoms with Crippen LogP contribution in [-0.2, 0) is 32.0 Å². The van der Waals surface area contributed by atoms with Gasteiger partial charge in [-0.05, 0) is 66.5 Å². The number of halogens is 1. The molecule has 3 rings (SSSR count). The van der Waals surface area contributed by atoms with Gasteiger partial charge in [-0.3, -0.25) is 19.2 Å². The zero-order valence-corrected chi connectivity index (χ0v) is 26.3. The van der Waals surface area contributed by atoms with Crippen LogP contribution < -0.4 is 10.1 Å². The van der Waals surface area contributed by atoms with Crippen molar-refractivity contribution in [2.75, 3.05) is 26.7 Å². The van der Waals surface area contributed by atoms with E-state index in [-0.39, 0.29) is 49.1 Å². The summed E-state index contributed by atoms with van der Waals surface area (Å²) in [5.74, 6) is -1.41. The van der Waals surface area contributed by atoms with Crippen LogP contribution >= 0.6 is 0 Å². The van der Waals surface area contributed by atoms with Gasteiger partial charge in [0.1, 0.15) is 17.6 Å². The standard InChI is InChI=1S/C34H46FN3O5/c1-7-23(2)31(40)36-30(34(3,4)5)33(42)38-19-8-9-27(38)22-37(20-18-24-10-14-26(35)15-11-24)32(41)29(39)21-25-12-16-28(43-6)17-13-25/h10-17,23,27,30H,7-9,18-22H2,1-6H3,(H,36,40)/t23-,27+,30-/m1/s1. The summed E-state index contributed by atoms with van der Waals surface area (Å²) in [5, 5.41) is 2.98. The molecule has 2 aromatic rings. The molecule has 1 aliphatic rings. The number of carbonyl (C=O) groups excluding carboxylic acids is 4. The van der Waals surface area contributed by atoms with E-state index >= 15 is 0 Å². The number of nitrogens with zero attached hydrogens (tertiary/aromatic N) is 2. The maximum atomic E-state index is 13.9. The fourth-order valence-electron chi connectivity index (χ4n) is 5.23. The molecule has 0 unspecified atom stereocenters. The highest BCUT2D eigenvalue weighted by molar-refractivity contribution is 6.36. The number of Topliss-reactive ketones (excluding diaryl/α,β-unsaturated/α-hetero) is 1. The van der Waals surface area contributed by atoms with Gasteiger partial charge in [0.15, 0.2) is 0 Å². The van der Waals surface area contributed by atoms with E-state index < -0.39 is 23.1 Å². The number of methoxy groups -OCH3 is 1. The van der Waals surface area contributed by atoms with E-state index in [1.807, 2.05) is 34.6 Å². The van der Waals surface area contributed by atoms with Crippen LogP contribution in [0.25, 0.3) is 0 Å². The van der Waals surface area contributed by atoms with Crippen LogP contribution in [0.2, 0.25) is 0 Å². The highest BCUT2D eigenvalue weighted by Crippen LogP contribution is 2.27. The number of ether oxygens (including phenoxy) is 1. The minimum Gasteiger partial charge on any atom is -0.497 e. The first-order valence-electron chi connectivity index (χ1n) is 15.1. The summed E-state index contributed by atoms with van der Waals surface area (Å²) in [4.78, 5) is 56.8. The number of hydrogen-bond acceptors (Lipinski definition) is 5. The van der Waals surface area contributed by atoms with Gasteiger partial charge in [0.2, 0.25) is 17.6 Å². The van der Waals surface area contributed by atoms with Gasteiger partial charge in [0, 0.05) is 38.0 Å². The third-order valence-electron chi connectivity index (χ3n) is 8.18. The van der Waals surface area contributed by atoms with Crippen LogP contribution in [0, 0.1) is 17.2 Å². The molecule has 0 radical (unpaired) electrons. The molecule has 9 heteroatoms. The Bertz CT molecular complexity index is 1260. The van der Waals surface area contributed by atoms with Gasteiger partial charge in [-0.1, -0.05) is 58.9 Å². The summed E-state index contributed by atoms with van der Waals surface area (Å²) >= 11 is 0. The van der Waals surface area contributed by atoms with Crippen LogP contribution in [0.4, 0.5) is 4.39 Å². The molecule has 0 aliphatic carbocycles. The third-order valence-corrected chi connectivity index (χ3v) is 8.18. The van der Waals surface area contributed by atoms with Gasteiger partial charge in [0.25, 0.3) is 5.91 Å². The molecule has 8 nitrogen and oxygen atoms in total. The second-order valence-corrected chi connectivity index (χ2v) is 12.5. The summed E-state index contributed by atoms with van der Waals surface area (Å²) in [7, 11) is 1.56. The lowest BCUT2D eigenvalue weighted by molar-refractivity contribution is -0.146. The molecular weight excluding hydrogens is 549 g/mol. The van der Waals surface area contributed by atoms with Gasteiger partial charge in [-0.25, -0.2) is 4.39 Å². The number of rotatable bonds is 13. The van der Waals surface area contributed by atoms with E-state index in [9.17, 15) is 23.6 Å². The van der Waals surface area contributed by atoms with Crippen molar-refractivity contribution < 1.29 is 28.3 Å². The normalized spacial score (nSPS) is 16.3. The molecule has 0 saturated carbocycles. The van der Waals surface area contributed by atoms with Crippen molar-refractivity contribution in [2.24, 2.45) is 11.3 Å². The monoisotopic (exact) mass is 595 g/mol. The Labute approximate surface area is 255 Å². The molecule has 0 bridgehead atoms. The van der Waals surface area contributed by atoms with Crippen molar-refractivity contribution in [3.05, 3.63) is 65.5 Å². The lowest BCUT2D eigenvalue weighted by Gasteiger charge is -2.37. The third kappa shape index (κ3) is 9.37. The van der Waals surface area contributed by atoms with Crippen molar-refractivity contribution in [2.45, 2.75) is 78.8 Å². The summed E-state index contributed by atoms with van der Waals surface area (Å²) in [5.41, 5.74) is 1.00. The van der Waals surface area contributed by atoms with Crippen LogP contribution in [0.5, 0.6) is 5.75 Å². The van der Waals surface area contributed by atoms with Crippen LogP contribution in [0.1, 0.15) is 65.0 Å². The second-order valence-electron chi connectivity index (χ2n) is 12.5. The summed E-state index contributed by atoms with van der Waals surface area (Å²) in [6.45, 7) is 10.5. The van der Waals surface area contributed by atoms with E-state index in [1.165, 1.54) is 17.0 Å². The van der Waals surface area contributed by atoms with E-state index in [0.717, 1.165) is 12.0 Å². The fraction of sp³-hybridized carbons (Fsp3) is 0.529. The number of carbonyl (C=O) groups is 4. The Balaban J connectivity index is 1.81. The molecule has 1 fully saturated rings. The van der Waals surface area contributed by atoms with Gasteiger partial charge in [-0.15, -0.1) is 0 Å². The molecule has 3 atom stereocenters. The molecule has 0 spiro atoms. The number of nitrogens with one attached hydrogen (secondary N) is 1. The highest BCUT2D eigenvalue weighted by atomic mass is 19.1. The van der Waals surface area contributed by atoms with Gasteiger partial charge >= 0.3 is 0 Å². The van der Waals surface area contributed by atoms with Gasteiger partial charge < -0.3 is 19.9 Å². The average molecular weight is 596 g/mol. The first-order valence-corrected chi connectivity index (χ1v) is 15.1. The molecule has 234 valence electrons. The molecule has 3 amide bonds. The Hall–Kier alpha value is -3.75. The maximum Gasteiger partial charge on any atom is 0.290 e. The minimum atomic E-state index is -0.727. The zero-order valence-electron chi connectivity index (χ0n) is 26.3. The molecule has 2 aromatic carbocycles. The molecule has 43 heavy (non-hydrogen) atoms. The number of ketones is 1. The lowest BCUT2D eigenvalue weighted by atomic mass is 9.85. The second kappa shape index (κ2) is 15.1. The van der Waals surface area contributed by atoms with Gasteiger partial charge in [0.05, 0.1) is 7.11 Å². The SMILES string of the molecule is CC[C@@H](C)C(=O)N[C@H](C(=O)N1CCC[C@H]1CN(CCc1ccc(F)cc1)C(=O)C(=O)Cc1ccc(OC)cc1)C(C)(C)C. The number of benzene rings is 2. The van der Waals surface area contributed by atoms with Crippen LogP contribution in [0.15, 0.2) is 48.5 Å². The molecule has 0 aromatic heterocycles. The first-order chi connectivity index (χ1) is 20.3. The predicted octanol–water partition coefficient (Wildman–Crippen LogP) is 4.59. The van der Waals surface area contributed by atoms with E-state index in [0.29, 0.717) is 37.1 Å². The lowest BCUT2D eigenvalue weighted by Crippen LogP contribution is -2.58. The zero-order chi connectivity index (χ0) is 31.7. The van der Waals surface area contributed by atoms with Crippen molar-refractivity contribution in [3.8, 4) is 5.75 Å². The van der Waals surface area contributed by atoms with Crippen LogP contribution in [0.3, 0.4) is 0 Å². The van der Waals surface area contributed by atoms with E-state index in [4.69, 9.17) is 4.74 Å². The van der Waals surface area contributed by atoms with Crippen LogP contribution in [-0.4, -0.2) is 72.1 Å². The summed E-state index contributed by atoms with van der Waals surface area (Å²) < 4.78 is 18.7. The highest BCUT2D eigenvalue weighted by Gasteiger charge is 2.41. The Morgan fingerprint density at radius 1 is 1.05 bits per heavy atom. The smallest absolute Gasteiger partial charge is 0.290 e. The van der Waals surface area contributed by atoms with Crippen molar-refractivity contribution in [1.82, 2.24) is 15.1 Å². The molecule has 1 saturated heterocycles. The fourth-order valence-corrected chi connectivity index (χ4v) is 5.23. The summed E-state index contributed by atoms with van der Waals surface area (Å²) in [6, 6.07) is 12.0. The molecule has 1 N–H and O–H groups in total. The quantitative estimate of drug-likeness (QED) is 0.342. The first kappa shape index (κ1) is 33.7. The summed E-state index contributed by atoms with van der Waals surface area (Å²) in [6.07, 6.45) is 2.47. The Morgan fingerprint density at radius 3 is 2.26 bits per heavy atom. The minimum absolute atomic E-state index is 0.0586. The van der Waals surface area contributed by atoms with Crippen molar-refractivity contribution >= 4 is 23.5 Å². The Kier molecular flexibility index (Phi) is 11.9. The van der Waals surface area contributed by atoms with E-state index in [1.54, 1.807) is 48.4 Å². The topological polar surface area (TPSA) is 96.0 Å². The van der Waals surface area contributed by atoms with E-state index in [2.05, 4.69) is 5.32 Å². The molecule has 1 heterocycles. The average Bonchev–Trinajstić information content (AvgIpc) is 3.45. The van der Waals surface area contributed by atoms with Gasteiger partial charge in [-0.2, -0.15) is 0 Å². The number of likely N-dealkylation sites (tertiary alicyclic amines) is 1. The molecular formula is C34H46FN3O5. The number of hydrogen-bond donors (Lipinski definition) is 1. The predicted molar refractivity (Wildman–Crippen MR) is 164 cm³/mol. The maximum absolute atomic E-state index is 13.9. The van der Waals surface area contributed by atoms with Crippen molar-refractivity contribution in [1.29, 1.82) is 0 Å². The Morgan fingerprint density at radius 2 is 1.67 bits per heavy atom. The van der Waals surface area contributed by atoms with Crippen molar-refractivity contribution in [3.63, 3.8) is 0 Å². The number of amides is 3. The largest absolute Gasteiger partial charge is 0.497 e.